The van der Waals surface area contributed by atoms with Crippen LogP contribution in [0.1, 0.15) is 19.7 Å². The molecule has 0 bridgehead atoms. The molecule has 1 N–H and O–H groups in total. The molecule has 0 spiro atoms. The number of nitrogens with zero attached hydrogens (tertiary/aromatic N) is 5. The van der Waals surface area contributed by atoms with E-state index in [0.29, 0.717) is 12.5 Å². The minimum absolute atomic E-state index is 0.0667. The zero-order valence-electron chi connectivity index (χ0n) is 11.0. The second-order valence-electron chi connectivity index (χ2n) is 5.07. The maximum Gasteiger partial charge on any atom is 0.141 e. The van der Waals surface area contributed by atoms with Gasteiger partial charge in [-0.15, -0.1) is 0 Å². The third kappa shape index (κ3) is 3.06. The summed E-state index contributed by atoms with van der Waals surface area (Å²) in [6, 6.07) is 2.27. The molecule has 6 nitrogen and oxygen atoms in total. The molecular weight excluding hydrogens is 228 g/mol. The second kappa shape index (κ2) is 5.94. The fourth-order valence-corrected chi connectivity index (χ4v) is 2.15. The molecule has 0 aliphatic carbocycles. The molecule has 1 fully saturated rings. The molecule has 98 valence electrons. The predicted octanol–water partition coefficient (Wildman–Crippen LogP) is 0.231. The third-order valence-corrected chi connectivity index (χ3v) is 3.08. The molecule has 1 atom stereocenters. The van der Waals surface area contributed by atoms with Crippen molar-refractivity contribution in [2.45, 2.75) is 33.0 Å². The van der Waals surface area contributed by atoms with Crippen LogP contribution in [0.5, 0.6) is 0 Å². The molecule has 1 aromatic heterocycles. The van der Waals surface area contributed by atoms with E-state index in [1.165, 1.54) is 0 Å². The predicted molar refractivity (Wildman–Crippen MR) is 67.5 cm³/mol. The van der Waals surface area contributed by atoms with Gasteiger partial charge in [0.05, 0.1) is 12.6 Å². The zero-order valence-corrected chi connectivity index (χ0v) is 11.0. The van der Waals surface area contributed by atoms with E-state index in [-0.39, 0.29) is 6.04 Å². The van der Waals surface area contributed by atoms with Crippen molar-refractivity contribution in [1.29, 1.82) is 5.26 Å². The molecule has 6 heteroatoms. The average Bonchev–Trinajstić information content (AvgIpc) is 2.76. The first-order chi connectivity index (χ1) is 8.70. The van der Waals surface area contributed by atoms with Gasteiger partial charge in [0, 0.05) is 26.2 Å². The van der Waals surface area contributed by atoms with Crippen molar-refractivity contribution >= 4 is 0 Å². The second-order valence-corrected chi connectivity index (χ2v) is 5.07. The van der Waals surface area contributed by atoms with Crippen LogP contribution < -0.4 is 5.32 Å². The third-order valence-electron chi connectivity index (χ3n) is 3.08. The number of rotatable bonds is 4. The van der Waals surface area contributed by atoms with Crippen molar-refractivity contribution in [3.05, 3.63) is 12.2 Å². The van der Waals surface area contributed by atoms with Crippen molar-refractivity contribution in [3.8, 4) is 6.07 Å². The van der Waals surface area contributed by atoms with E-state index in [1.807, 2.05) is 4.68 Å². The Hall–Kier alpha value is -1.45. The fourth-order valence-electron chi connectivity index (χ4n) is 2.15. The van der Waals surface area contributed by atoms with Gasteiger partial charge in [0.2, 0.25) is 0 Å². The molecule has 0 amide bonds. The van der Waals surface area contributed by atoms with E-state index in [1.54, 1.807) is 6.33 Å². The van der Waals surface area contributed by atoms with Gasteiger partial charge in [-0.25, -0.2) is 9.67 Å². The monoisotopic (exact) mass is 248 g/mol. The fraction of sp³-hybridized carbons (Fsp3) is 0.750. The van der Waals surface area contributed by atoms with Gasteiger partial charge in [0.25, 0.3) is 0 Å². The quantitative estimate of drug-likeness (QED) is 0.826. The summed E-state index contributed by atoms with van der Waals surface area (Å²) in [5.74, 6) is 1.49. The Morgan fingerprint density at radius 1 is 1.61 bits per heavy atom. The van der Waals surface area contributed by atoms with Crippen LogP contribution >= 0.6 is 0 Å². The van der Waals surface area contributed by atoms with Crippen molar-refractivity contribution in [2.24, 2.45) is 5.92 Å². The minimum Gasteiger partial charge on any atom is -0.313 e. The van der Waals surface area contributed by atoms with Crippen molar-refractivity contribution < 1.29 is 0 Å². The van der Waals surface area contributed by atoms with Crippen LogP contribution in [0.2, 0.25) is 0 Å². The van der Waals surface area contributed by atoms with Gasteiger partial charge >= 0.3 is 0 Å². The first kappa shape index (κ1) is 13.0. The van der Waals surface area contributed by atoms with Gasteiger partial charge in [0.1, 0.15) is 18.2 Å². The van der Waals surface area contributed by atoms with E-state index >= 15 is 0 Å². The maximum absolute atomic E-state index is 9.13. The lowest BCUT2D eigenvalue weighted by atomic mass is 10.2. The number of nitriles is 1. The van der Waals surface area contributed by atoms with Crippen molar-refractivity contribution in [3.63, 3.8) is 0 Å². The highest BCUT2D eigenvalue weighted by molar-refractivity contribution is 4.98. The molecule has 1 aromatic rings. The molecule has 0 aromatic carbocycles. The van der Waals surface area contributed by atoms with E-state index < -0.39 is 0 Å². The van der Waals surface area contributed by atoms with Crippen molar-refractivity contribution in [2.75, 3.05) is 19.6 Å². The largest absolute Gasteiger partial charge is 0.313 e. The van der Waals surface area contributed by atoms with Crippen molar-refractivity contribution in [1.82, 2.24) is 25.0 Å². The van der Waals surface area contributed by atoms with Crippen LogP contribution in [-0.4, -0.2) is 45.3 Å². The molecule has 1 aliphatic heterocycles. The first-order valence-electron chi connectivity index (χ1n) is 6.41. The van der Waals surface area contributed by atoms with E-state index in [2.05, 4.69) is 40.2 Å². The molecule has 18 heavy (non-hydrogen) atoms. The Labute approximate surface area is 108 Å². The highest BCUT2D eigenvalue weighted by atomic mass is 15.4. The Kier molecular flexibility index (Phi) is 4.28. The van der Waals surface area contributed by atoms with Crippen LogP contribution in [-0.2, 0) is 13.1 Å². The standard InChI is InChI=1S/C12H20N6/c1-10(2)7-18-12(15-9-16-18)8-17-4-3-14-6-11(17)5-13/h9-11,14H,3-4,6-8H2,1-2H3. The highest BCUT2D eigenvalue weighted by Gasteiger charge is 2.23. The van der Waals surface area contributed by atoms with E-state index in [4.69, 9.17) is 5.26 Å². The number of hydrogen-bond acceptors (Lipinski definition) is 5. The molecular formula is C12H20N6. The maximum atomic E-state index is 9.13. The summed E-state index contributed by atoms with van der Waals surface area (Å²) in [6.07, 6.45) is 1.60. The summed E-state index contributed by atoms with van der Waals surface area (Å²) in [5, 5.41) is 16.6. The number of piperazine rings is 1. The van der Waals surface area contributed by atoms with Crippen LogP contribution in [0.4, 0.5) is 0 Å². The molecule has 2 heterocycles. The first-order valence-corrected chi connectivity index (χ1v) is 6.41. The zero-order chi connectivity index (χ0) is 13.0. The highest BCUT2D eigenvalue weighted by Crippen LogP contribution is 2.09. The summed E-state index contributed by atoms with van der Waals surface area (Å²) in [6.45, 7) is 8.44. The number of hydrogen-bond donors (Lipinski definition) is 1. The van der Waals surface area contributed by atoms with Gasteiger partial charge in [-0.05, 0) is 5.92 Å². The topological polar surface area (TPSA) is 69.8 Å². The van der Waals surface area contributed by atoms with Gasteiger partial charge in [-0.2, -0.15) is 10.4 Å². The molecule has 1 unspecified atom stereocenters. The Morgan fingerprint density at radius 2 is 2.44 bits per heavy atom. The summed E-state index contributed by atoms with van der Waals surface area (Å²) in [7, 11) is 0. The lowest BCUT2D eigenvalue weighted by Gasteiger charge is -2.31. The smallest absolute Gasteiger partial charge is 0.141 e. The normalized spacial score (nSPS) is 21.1. The Morgan fingerprint density at radius 3 is 3.17 bits per heavy atom. The molecule has 0 radical (unpaired) electrons. The summed E-state index contributed by atoms with van der Waals surface area (Å²) >= 11 is 0. The lowest BCUT2D eigenvalue weighted by Crippen LogP contribution is -2.50. The lowest BCUT2D eigenvalue weighted by molar-refractivity contribution is 0.181. The Balaban J connectivity index is 2.04. The molecule has 1 saturated heterocycles. The van der Waals surface area contributed by atoms with Crippen LogP contribution in [0.3, 0.4) is 0 Å². The number of aromatic nitrogens is 3. The molecule has 0 saturated carbocycles. The van der Waals surface area contributed by atoms with Crippen LogP contribution in [0.15, 0.2) is 6.33 Å². The van der Waals surface area contributed by atoms with Crippen LogP contribution in [0.25, 0.3) is 0 Å². The molecule has 1 aliphatic rings. The van der Waals surface area contributed by atoms with E-state index in [0.717, 1.165) is 32.0 Å². The van der Waals surface area contributed by atoms with Crippen LogP contribution in [0, 0.1) is 17.2 Å². The van der Waals surface area contributed by atoms with Gasteiger partial charge in [-0.1, -0.05) is 13.8 Å². The summed E-state index contributed by atoms with van der Waals surface area (Å²) in [4.78, 5) is 6.48. The van der Waals surface area contributed by atoms with Gasteiger partial charge < -0.3 is 5.32 Å². The summed E-state index contributed by atoms with van der Waals surface area (Å²) in [5.41, 5.74) is 0. The van der Waals surface area contributed by atoms with E-state index in [9.17, 15) is 0 Å². The average molecular weight is 248 g/mol. The van der Waals surface area contributed by atoms with Gasteiger partial charge in [0.15, 0.2) is 0 Å². The molecule has 2 rings (SSSR count). The Bertz CT molecular complexity index is 418. The minimum atomic E-state index is -0.0667. The summed E-state index contributed by atoms with van der Waals surface area (Å²) < 4.78 is 1.95. The number of nitrogens with one attached hydrogen (secondary N) is 1. The SMILES string of the molecule is CC(C)Cn1ncnc1CN1CCNCC1C#N. The van der Waals surface area contributed by atoms with Gasteiger partial charge in [-0.3, -0.25) is 4.90 Å².